The van der Waals surface area contributed by atoms with E-state index in [0.717, 1.165) is 61.6 Å². The van der Waals surface area contributed by atoms with Gasteiger partial charge in [0, 0.05) is 57.3 Å². The number of nitrogens with one attached hydrogen (secondary N) is 2. The zero-order chi connectivity index (χ0) is 18.1. The fourth-order valence-corrected chi connectivity index (χ4v) is 3.74. The van der Waals surface area contributed by atoms with Gasteiger partial charge in [-0.25, -0.2) is 0 Å². The SMILES string of the molecule is CC(=O)Nc1ccc2nc(CN3CCN4CCNC(=O)[C@H]4C3)ccc2c1. The van der Waals surface area contributed by atoms with Crippen molar-refractivity contribution >= 4 is 28.4 Å². The molecule has 2 N–H and O–H groups in total. The monoisotopic (exact) mass is 353 g/mol. The molecule has 2 aliphatic heterocycles. The lowest BCUT2D eigenvalue weighted by atomic mass is 10.1. The number of carbonyl (C=O) groups is 2. The van der Waals surface area contributed by atoms with Crippen LogP contribution in [0.25, 0.3) is 10.9 Å². The number of pyridine rings is 1. The molecule has 26 heavy (non-hydrogen) atoms. The van der Waals surface area contributed by atoms with E-state index in [0.29, 0.717) is 0 Å². The summed E-state index contributed by atoms with van der Waals surface area (Å²) < 4.78 is 0. The van der Waals surface area contributed by atoms with Crippen LogP contribution in [-0.4, -0.2) is 65.4 Å². The number of aromatic nitrogens is 1. The maximum atomic E-state index is 12.1. The summed E-state index contributed by atoms with van der Waals surface area (Å²) in [4.78, 5) is 32.6. The van der Waals surface area contributed by atoms with Crippen molar-refractivity contribution in [3.8, 4) is 0 Å². The molecule has 2 saturated heterocycles. The number of hydrogen-bond donors (Lipinski definition) is 2. The first-order chi connectivity index (χ1) is 12.6. The van der Waals surface area contributed by atoms with Gasteiger partial charge in [-0.2, -0.15) is 0 Å². The van der Waals surface area contributed by atoms with Gasteiger partial charge in [-0.1, -0.05) is 6.07 Å². The number of benzene rings is 1. The van der Waals surface area contributed by atoms with E-state index in [1.165, 1.54) is 6.92 Å². The van der Waals surface area contributed by atoms with Crippen molar-refractivity contribution < 1.29 is 9.59 Å². The van der Waals surface area contributed by atoms with Crippen LogP contribution in [0.15, 0.2) is 30.3 Å². The van der Waals surface area contributed by atoms with Gasteiger partial charge in [0.2, 0.25) is 11.8 Å². The number of piperazine rings is 2. The summed E-state index contributed by atoms with van der Waals surface area (Å²) in [5.74, 6) is 0.0535. The molecule has 0 aliphatic carbocycles. The van der Waals surface area contributed by atoms with E-state index in [2.05, 4.69) is 20.4 Å². The second-order valence-electron chi connectivity index (χ2n) is 6.97. The van der Waals surface area contributed by atoms with Crippen molar-refractivity contribution in [1.82, 2.24) is 20.1 Å². The highest BCUT2D eigenvalue weighted by Gasteiger charge is 2.34. The van der Waals surface area contributed by atoms with Crippen LogP contribution in [0.3, 0.4) is 0 Å². The zero-order valence-electron chi connectivity index (χ0n) is 14.9. The maximum absolute atomic E-state index is 12.1. The molecule has 2 aliphatic rings. The van der Waals surface area contributed by atoms with Crippen LogP contribution in [0.5, 0.6) is 0 Å². The second kappa shape index (κ2) is 7.01. The van der Waals surface area contributed by atoms with Crippen molar-refractivity contribution in [3.05, 3.63) is 36.0 Å². The third kappa shape index (κ3) is 3.54. The van der Waals surface area contributed by atoms with E-state index < -0.39 is 0 Å². The Morgan fingerprint density at radius 2 is 2.15 bits per heavy atom. The minimum Gasteiger partial charge on any atom is -0.353 e. The fraction of sp³-hybridized carbons (Fsp3) is 0.421. The molecule has 2 aromatic rings. The summed E-state index contributed by atoms with van der Waals surface area (Å²) in [6.07, 6.45) is 0. The van der Waals surface area contributed by atoms with Crippen LogP contribution in [0.1, 0.15) is 12.6 Å². The molecule has 4 rings (SSSR count). The van der Waals surface area contributed by atoms with Crippen LogP contribution in [-0.2, 0) is 16.1 Å². The van der Waals surface area contributed by atoms with Gasteiger partial charge in [0.25, 0.3) is 0 Å². The van der Waals surface area contributed by atoms with Crippen molar-refractivity contribution in [2.24, 2.45) is 0 Å². The van der Waals surface area contributed by atoms with Crippen LogP contribution in [0.2, 0.25) is 0 Å². The molecule has 1 aromatic heterocycles. The number of carbonyl (C=O) groups excluding carboxylic acids is 2. The number of anilines is 1. The zero-order valence-corrected chi connectivity index (χ0v) is 14.9. The Morgan fingerprint density at radius 3 is 3.00 bits per heavy atom. The molecule has 1 atom stereocenters. The Balaban J connectivity index is 1.47. The van der Waals surface area contributed by atoms with E-state index >= 15 is 0 Å². The lowest BCUT2D eigenvalue weighted by molar-refractivity contribution is -0.132. The van der Waals surface area contributed by atoms with Gasteiger partial charge in [0.05, 0.1) is 11.2 Å². The largest absolute Gasteiger partial charge is 0.353 e. The van der Waals surface area contributed by atoms with Gasteiger partial charge in [-0.05, 0) is 24.3 Å². The quantitative estimate of drug-likeness (QED) is 0.854. The molecule has 0 spiro atoms. The van der Waals surface area contributed by atoms with Gasteiger partial charge >= 0.3 is 0 Å². The van der Waals surface area contributed by atoms with E-state index in [9.17, 15) is 9.59 Å². The Morgan fingerprint density at radius 1 is 1.27 bits per heavy atom. The van der Waals surface area contributed by atoms with E-state index in [1.54, 1.807) is 0 Å². The number of rotatable bonds is 3. The van der Waals surface area contributed by atoms with Crippen LogP contribution >= 0.6 is 0 Å². The molecule has 7 heteroatoms. The smallest absolute Gasteiger partial charge is 0.238 e. The summed E-state index contributed by atoms with van der Waals surface area (Å²) in [7, 11) is 0. The van der Waals surface area contributed by atoms with E-state index in [1.807, 2.05) is 30.3 Å². The summed E-state index contributed by atoms with van der Waals surface area (Å²) in [6.45, 7) is 6.54. The van der Waals surface area contributed by atoms with Crippen LogP contribution in [0.4, 0.5) is 5.69 Å². The molecule has 3 heterocycles. The molecule has 0 saturated carbocycles. The molecule has 136 valence electrons. The topological polar surface area (TPSA) is 77.6 Å². The van der Waals surface area contributed by atoms with Crippen molar-refractivity contribution in [3.63, 3.8) is 0 Å². The molecular weight excluding hydrogens is 330 g/mol. The van der Waals surface area contributed by atoms with Gasteiger partial charge < -0.3 is 10.6 Å². The van der Waals surface area contributed by atoms with Gasteiger partial charge in [-0.3, -0.25) is 24.4 Å². The van der Waals surface area contributed by atoms with Crippen LogP contribution in [0, 0.1) is 0 Å². The van der Waals surface area contributed by atoms with Gasteiger partial charge in [-0.15, -0.1) is 0 Å². The molecule has 0 bridgehead atoms. The molecule has 7 nitrogen and oxygen atoms in total. The third-order valence-electron chi connectivity index (χ3n) is 5.03. The molecule has 2 amide bonds. The molecule has 2 fully saturated rings. The average molecular weight is 353 g/mol. The first-order valence-electron chi connectivity index (χ1n) is 9.00. The Hall–Kier alpha value is -2.51. The average Bonchev–Trinajstić information content (AvgIpc) is 2.62. The Bertz CT molecular complexity index is 853. The summed E-state index contributed by atoms with van der Waals surface area (Å²) >= 11 is 0. The second-order valence-corrected chi connectivity index (χ2v) is 6.97. The van der Waals surface area contributed by atoms with E-state index in [4.69, 9.17) is 4.98 Å². The molecular formula is C19H23N5O2. The van der Waals surface area contributed by atoms with Crippen molar-refractivity contribution in [1.29, 1.82) is 0 Å². The van der Waals surface area contributed by atoms with Gasteiger partial charge in [0.1, 0.15) is 6.04 Å². The highest BCUT2D eigenvalue weighted by molar-refractivity contribution is 5.92. The maximum Gasteiger partial charge on any atom is 0.238 e. The number of nitrogens with zero attached hydrogens (tertiary/aromatic N) is 3. The lowest BCUT2D eigenvalue weighted by Crippen LogP contribution is -2.63. The predicted molar refractivity (Wildman–Crippen MR) is 99.7 cm³/mol. The lowest BCUT2D eigenvalue weighted by Gasteiger charge is -2.42. The summed E-state index contributed by atoms with van der Waals surface area (Å²) in [5, 5.41) is 6.74. The van der Waals surface area contributed by atoms with E-state index in [-0.39, 0.29) is 17.9 Å². The van der Waals surface area contributed by atoms with Crippen LogP contribution < -0.4 is 10.6 Å². The highest BCUT2D eigenvalue weighted by atomic mass is 16.2. The highest BCUT2D eigenvalue weighted by Crippen LogP contribution is 2.20. The summed E-state index contributed by atoms with van der Waals surface area (Å²) in [6, 6.07) is 9.74. The standard InChI is InChI=1S/C19H23N5O2/c1-13(25)21-15-4-5-17-14(10-15)2-3-16(22-17)11-23-8-9-24-7-6-20-19(26)18(24)12-23/h2-5,10,18H,6-9,11-12H2,1H3,(H,20,26)(H,21,25)/t18-/m1/s1. The first kappa shape index (κ1) is 16.9. The van der Waals surface area contributed by atoms with Crippen molar-refractivity contribution in [2.75, 3.05) is 38.0 Å². The van der Waals surface area contributed by atoms with Crippen molar-refractivity contribution in [2.45, 2.75) is 19.5 Å². The number of amides is 2. The number of hydrogen-bond acceptors (Lipinski definition) is 5. The number of fused-ring (bicyclic) bond motifs is 2. The minimum atomic E-state index is -0.0835. The van der Waals surface area contributed by atoms with Gasteiger partial charge in [0.15, 0.2) is 0 Å². The molecule has 0 radical (unpaired) electrons. The Kier molecular flexibility index (Phi) is 4.57. The third-order valence-corrected chi connectivity index (χ3v) is 5.03. The molecule has 0 unspecified atom stereocenters. The Labute approximate surface area is 152 Å². The minimum absolute atomic E-state index is 0.0434. The summed E-state index contributed by atoms with van der Waals surface area (Å²) in [5.41, 5.74) is 2.68. The first-order valence-corrected chi connectivity index (χ1v) is 9.00. The predicted octanol–water partition coefficient (Wildman–Crippen LogP) is 0.809. The fourth-order valence-electron chi connectivity index (χ4n) is 3.74. The normalized spacial score (nSPS) is 21.3. The molecule has 1 aromatic carbocycles.